The largest absolute Gasteiger partial charge is 0.468 e. The van der Waals surface area contributed by atoms with Crippen molar-refractivity contribution in [3.8, 4) is 0 Å². The van der Waals surface area contributed by atoms with Crippen molar-refractivity contribution in [2.24, 2.45) is 0 Å². The van der Waals surface area contributed by atoms with Gasteiger partial charge in [-0.25, -0.2) is 0 Å². The standard InChI is InChI=1S/C11H23NO4/c1-11(2,15-5)6-7-16-8-9(12-3)10(13)14-4/h9,12H,6-8H2,1-5H3. The Bertz CT molecular complexity index is 206. The Hall–Kier alpha value is -0.650. The van der Waals surface area contributed by atoms with Crippen LogP contribution in [0.4, 0.5) is 0 Å². The van der Waals surface area contributed by atoms with Crippen LogP contribution in [0.15, 0.2) is 0 Å². The van der Waals surface area contributed by atoms with Crippen LogP contribution in [0.2, 0.25) is 0 Å². The lowest BCUT2D eigenvalue weighted by Crippen LogP contribution is -2.39. The van der Waals surface area contributed by atoms with Crippen molar-refractivity contribution in [1.82, 2.24) is 5.32 Å². The highest BCUT2D eigenvalue weighted by Gasteiger charge is 2.19. The second-order valence-electron chi connectivity index (χ2n) is 4.15. The SMILES string of the molecule is CNC(COCCC(C)(C)OC)C(=O)OC. The fourth-order valence-electron chi connectivity index (χ4n) is 1.03. The number of ether oxygens (including phenoxy) is 3. The van der Waals surface area contributed by atoms with E-state index in [-0.39, 0.29) is 11.6 Å². The van der Waals surface area contributed by atoms with Gasteiger partial charge in [-0.3, -0.25) is 4.79 Å². The Morgan fingerprint density at radius 1 is 1.38 bits per heavy atom. The van der Waals surface area contributed by atoms with Gasteiger partial charge in [-0.2, -0.15) is 0 Å². The highest BCUT2D eigenvalue weighted by Crippen LogP contribution is 2.12. The van der Waals surface area contributed by atoms with Gasteiger partial charge in [-0.1, -0.05) is 0 Å². The molecule has 0 saturated carbocycles. The van der Waals surface area contributed by atoms with E-state index in [1.807, 2.05) is 13.8 Å². The Kier molecular flexibility index (Phi) is 7.29. The van der Waals surface area contributed by atoms with Crippen LogP contribution in [0.25, 0.3) is 0 Å². The topological polar surface area (TPSA) is 56.8 Å². The number of hydrogen-bond donors (Lipinski definition) is 1. The first-order valence-electron chi connectivity index (χ1n) is 5.35. The maximum absolute atomic E-state index is 11.2. The summed E-state index contributed by atoms with van der Waals surface area (Å²) in [7, 11) is 4.73. The molecule has 0 aromatic heterocycles. The number of carbonyl (C=O) groups is 1. The molecule has 0 aliphatic heterocycles. The van der Waals surface area contributed by atoms with Gasteiger partial charge in [0, 0.05) is 13.7 Å². The van der Waals surface area contributed by atoms with E-state index in [1.165, 1.54) is 7.11 Å². The maximum Gasteiger partial charge on any atom is 0.325 e. The van der Waals surface area contributed by atoms with Crippen LogP contribution in [-0.4, -0.2) is 52.1 Å². The van der Waals surface area contributed by atoms with E-state index < -0.39 is 6.04 Å². The number of rotatable bonds is 8. The van der Waals surface area contributed by atoms with Gasteiger partial charge in [0.05, 0.1) is 19.3 Å². The van der Waals surface area contributed by atoms with Crippen LogP contribution in [-0.2, 0) is 19.0 Å². The molecule has 0 heterocycles. The molecule has 5 nitrogen and oxygen atoms in total. The van der Waals surface area contributed by atoms with Crippen LogP contribution in [0.1, 0.15) is 20.3 Å². The molecule has 1 unspecified atom stereocenters. The molecule has 0 aliphatic rings. The predicted octanol–water partition coefficient (Wildman–Crippen LogP) is 0.579. The van der Waals surface area contributed by atoms with E-state index in [4.69, 9.17) is 9.47 Å². The van der Waals surface area contributed by atoms with Crippen molar-refractivity contribution < 1.29 is 19.0 Å². The fraction of sp³-hybridized carbons (Fsp3) is 0.909. The molecule has 16 heavy (non-hydrogen) atoms. The van der Waals surface area contributed by atoms with Crippen LogP contribution in [0.5, 0.6) is 0 Å². The van der Waals surface area contributed by atoms with Gasteiger partial charge < -0.3 is 19.5 Å². The smallest absolute Gasteiger partial charge is 0.325 e. The van der Waals surface area contributed by atoms with E-state index in [2.05, 4.69) is 10.1 Å². The molecule has 0 saturated heterocycles. The molecule has 0 radical (unpaired) electrons. The minimum Gasteiger partial charge on any atom is -0.468 e. The minimum absolute atomic E-state index is 0.194. The number of hydrogen-bond acceptors (Lipinski definition) is 5. The molecular weight excluding hydrogens is 210 g/mol. The third-order valence-corrected chi connectivity index (χ3v) is 2.52. The molecule has 5 heteroatoms. The quantitative estimate of drug-likeness (QED) is 0.491. The van der Waals surface area contributed by atoms with Crippen LogP contribution < -0.4 is 5.32 Å². The molecule has 1 atom stereocenters. The molecule has 96 valence electrons. The average Bonchev–Trinajstić information content (AvgIpc) is 2.28. The summed E-state index contributed by atoms with van der Waals surface area (Å²) < 4.78 is 15.3. The summed E-state index contributed by atoms with van der Waals surface area (Å²) in [6, 6.07) is -0.407. The first-order chi connectivity index (χ1) is 7.46. The monoisotopic (exact) mass is 233 g/mol. The lowest BCUT2D eigenvalue weighted by molar-refractivity contribution is -0.144. The van der Waals surface area contributed by atoms with Crippen LogP contribution in [0.3, 0.4) is 0 Å². The lowest BCUT2D eigenvalue weighted by atomic mass is 10.1. The molecule has 0 aliphatic carbocycles. The van der Waals surface area contributed by atoms with Gasteiger partial charge in [-0.05, 0) is 27.3 Å². The summed E-state index contributed by atoms with van der Waals surface area (Å²) in [5.74, 6) is -0.312. The number of likely N-dealkylation sites (N-methyl/N-ethyl adjacent to an activating group) is 1. The summed E-state index contributed by atoms with van der Waals surface area (Å²) >= 11 is 0. The molecule has 0 fully saturated rings. The lowest BCUT2D eigenvalue weighted by Gasteiger charge is -2.23. The van der Waals surface area contributed by atoms with Gasteiger partial charge in [0.2, 0.25) is 0 Å². The Morgan fingerprint density at radius 3 is 2.44 bits per heavy atom. The predicted molar refractivity (Wildman–Crippen MR) is 61.4 cm³/mol. The fourth-order valence-corrected chi connectivity index (χ4v) is 1.03. The maximum atomic E-state index is 11.2. The van der Waals surface area contributed by atoms with E-state index in [0.717, 1.165) is 6.42 Å². The van der Waals surface area contributed by atoms with Crippen molar-refractivity contribution in [3.05, 3.63) is 0 Å². The van der Waals surface area contributed by atoms with Crippen molar-refractivity contribution in [2.45, 2.75) is 31.9 Å². The van der Waals surface area contributed by atoms with Crippen molar-refractivity contribution in [2.75, 3.05) is 34.5 Å². The summed E-state index contributed by atoms with van der Waals surface area (Å²) in [5.41, 5.74) is -0.194. The summed E-state index contributed by atoms with van der Waals surface area (Å²) in [4.78, 5) is 11.2. The zero-order valence-corrected chi connectivity index (χ0v) is 10.8. The van der Waals surface area contributed by atoms with E-state index >= 15 is 0 Å². The molecular formula is C11H23NO4. The average molecular weight is 233 g/mol. The van der Waals surface area contributed by atoms with E-state index in [0.29, 0.717) is 13.2 Å². The Balaban J connectivity index is 3.76. The van der Waals surface area contributed by atoms with Gasteiger partial charge in [0.1, 0.15) is 6.04 Å². The third-order valence-electron chi connectivity index (χ3n) is 2.52. The van der Waals surface area contributed by atoms with E-state index in [9.17, 15) is 4.79 Å². The molecule has 0 rings (SSSR count). The Morgan fingerprint density at radius 2 is 2.00 bits per heavy atom. The molecule has 0 spiro atoms. The molecule has 0 amide bonds. The normalized spacial score (nSPS) is 13.6. The molecule has 1 N–H and O–H groups in total. The molecule has 0 aromatic rings. The first kappa shape index (κ1) is 15.3. The van der Waals surface area contributed by atoms with Gasteiger partial charge in [0.25, 0.3) is 0 Å². The highest BCUT2D eigenvalue weighted by molar-refractivity contribution is 5.75. The van der Waals surface area contributed by atoms with Gasteiger partial charge in [-0.15, -0.1) is 0 Å². The number of nitrogens with one attached hydrogen (secondary N) is 1. The number of methoxy groups -OCH3 is 2. The molecule has 0 aromatic carbocycles. The van der Waals surface area contributed by atoms with Gasteiger partial charge in [0.15, 0.2) is 0 Å². The van der Waals surface area contributed by atoms with Crippen molar-refractivity contribution in [3.63, 3.8) is 0 Å². The number of carbonyl (C=O) groups excluding carboxylic acids is 1. The van der Waals surface area contributed by atoms with Crippen molar-refractivity contribution in [1.29, 1.82) is 0 Å². The van der Waals surface area contributed by atoms with Gasteiger partial charge >= 0.3 is 5.97 Å². The highest BCUT2D eigenvalue weighted by atomic mass is 16.5. The number of esters is 1. The minimum atomic E-state index is -0.407. The second kappa shape index (κ2) is 7.60. The third kappa shape index (κ3) is 6.05. The Labute approximate surface area is 97.4 Å². The zero-order chi connectivity index (χ0) is 12.6. The zero-order valence-electron chi connectivity index (χ0n) is 10.8. The first-order valence-corrected chi connectivity index (χ1v) is 5.35. The summed E-state index contributed by atoms with van der Waals surface area (Å²) in [6.07, 6.45) is 0.779. The van der Waals surface area contributed by atoms with Crippen molar-refractivity contribution >= 4 is 5.97 Å². The molecule has 0 bridgehead atoms. The van der Waals surface area contributed by atoms with Crippen LogP contribution in [0, 0.1) is 0 Å². The summed E-state index contributed by atoms with van der Waals surface area (Å²) in [5, 5.41) is 2.83. The van der Waals surface area contributed by atoms with E-state index in [1.54, 1.807) is 14.2 Å². The van der Waals surface area contributed by atoms with Crippen LogP contribution >= 0.6 is 0 Å². The summed E-state index contributed by atoms with van der Waals surface area (Å²) in [6.45, 7) is 4.84. The second-order valence-corrected chi connectivity index (χ2v) is 4.15.